The Morgan fingerprint density at radius 2 is 2.39 bits per heavy atom. The van der Waals surface area contributed by atoms with Crippen molar-refractivity contribution in [3.05, 3.63) is 17.0 Å². The SMILES string of the molecule is COC(C)OCOC1CC(CO)Sc2sccc21. The third-order valence-corrected chi connectivity index (χ3v) is 5.29. The number of ether oxygens (including phenoxy) is 3. The molecule has 0 aromatic carbocycles. The van der Waals surface area contributed by atoms with Gasteiger partial charge < -0.3 is 19.3 Å². The maximum Gasteiger partial charge on any atom is 0.157 e. The summed E-state index contributed by atoms with van der Waals surface area (Å²) in [7, 11) is 1.60. The molecule has 3 atom stereocenters. The van der Waals surface area contributed by atoms with Crippen LogP contribution in [0.1, 0.15) is 25.0 Å². The first-order valence-electron chi connectivity index (χ1n) is 5.85. The molecule has 0 aliphatic carbocycles. The zero-order valence-electron chi connectivity index (χ0n) is 10.5. The fourth-order valence-electron chi connectivity index (χ4n) is 1.76. The number of aliphatic hydroxyl groups excluding tert-OH is 1. The molecular formula is C12H18O4S2. The lowest BCUT2D eigenvalue weighted by molar-refractivity contribution is -0.190. The maximum absolute atomic E-state index is 9.30. The second kappa shape index (κ2) is 6.88. The second-order valence-electron chi connectivity index (χ2n) is 4.06. The zero-order valence-corrected chi connectivity index (χ0v) is 12.1. The molecule has 0 saturated heterocycles. The van der Waals surface area contributed by atoms with E-state index in [0.717, 1.165) is 6.42 Å². The molecule has 0 amide bonds. The highest BCUT2D eigenvalue weighted by molar-refractivity contribution is 8.01. The van der Waals surface area contributed by atoms with Crippen LogP contribution in [0, 0.1) is 0 Å². The summed E-state index contributed by atoms with van der Waals surface area (Å²) in [6, 6.07) is 2.09. The van der Waals surface area contributed by atoms with Crippen molar-refractivity contribution in [1.29, 1.82) is 0 Å². The molecule has 1 aromatic rings. The summed E-state index contributed by atoms with van der Waals surface area (Å²) in [5, 5.41) is 11.6. The van der Waals surface area contributed by atoms with E-state index in [1.54, 1.807) is 30.2 Å². The van der Waals surface area contributed by atoms with Crippen LogP contribution < -0.4 is 0 Å². The number of fused-ring (bicyclic) bond motifs is 1. The molecule has 0 radical (unpaired) electrons. The lowest BCUT2D eigenvalue weighted by Gasteiger charge is -2.28. The molecule has 0 spiro atoms. The van der Waals surface area contributed by atoms with Crippen LogP contribution in [0.3, 0.4) is 0 Å². The Labute approximate surface area is 115 Å². The van der Waals surface area contributed by atoms with Crippen molar-refractivity contribution in [3.8, 4) is 0 Å². The van der Waals surface area contributed by atoms with Crippen molar-refractivity contribution in [2.24, 2.45) is 0 Å². The van der Waals surface area contributed by atoms with Crippen LogP contribution in [-0.4, -0.2) is 37.2 Å². The molecule has 18 heavy (non-hydrogen) atoms. The summed E-state index contributed by atoms with van der Waals surface area (Å²) < 4.78 is 17.3. The van der Waals surface area contributed by atoms with Crippen LogP contribution in [0.2, 0.25) is 0 Å². The van der Waals surface area contributed by atoms with Crippen LogP contribution in [0.4, 0.5) is 0 Å². The first kappa shape index (κ1) is 14.3. The number of hydrogen-bond donors (Lipinski definition) is 1. The van der Waals surface area contributed by atoms with Crippen molar-refractivity contribution in [1.82, 2.24) is 0 Å². The normalized spacial score (nSPS) is 24.8. The average Bonchev–Trinajstić information content (AvgIpc) is 2.86. The summed E-state index contributed by atoms with van der Waals surface area (Å²) in [6.45, 7) is 2.21. The molecule has 1 aliphatic heterocycles. The quantitative estimate of drug-likeness (QED) is 0.816. The van der Waals surface area contributed by atoms with E-state index in [2.05, 4.69) is 11.4 Å². The monoisotopic (exact) mass is 290 g/mol. The number of rotatable bonds is 6. The van der Waals surface area contributed by atoms with Gasteiger partial charge >= 0.3 is 0 Å². The van der Waals surface area contributed by atoms with Gasteiger partial charge in [-0.15, -0.1) is 23.1 Å². The number of hydrogen-bond acceptors (Lipinski definition) is 6. The van der Waals surface area contributed by atoms with Crippen LogP contribution in [0.5, 0.6) is 0 Å². The van der Waals surface area contributed by atoms with Crippen LogP contribution in [0.15, 0.2) is 15.7 Å². The van der Waals surface area contributed by atoms with Gasteiger partial charge in [-0.05, 0) is 24.8 Å². The topological polar surface area (TPSA) is 47.9 Å². The molecule has 0 fully saturated rings. The minimum Gasteiger partial charge on any atom is -0.395 e. The third-order valence-electron chi connectivity index (χ3n) is 2.86. The lowest BCUT2D eigenvalue weighted by Crippen LogP contribution is -2.22. The molecule has 6 heteroatoms. The van der Waals surface area contributed by atoms with Crippen molar-refractivity contribution < 1.29 is 19.3 Å². The van der Waals surface area contributed by atoms with Crippen molar-refractivity contribution in [2.75, 3.05) is 20.5 Å². The number of aliphatic hydroxyl groups is 1. The highest BCUT2D eigenvalue weighted by atomic mass is 32.2. The average molecular weight is 290 g/mol. The van der Waals surface area contributed by atoms with E-state index in [1.807, 2.05) is 6.92 Å². The molecule has 4 nitrogen and oxygen atoms in total. The predicted octanol–water partition coefficient (Wildman–Crippen LogP) is 2.63. The molecule has 1 aromatic heterocycles. The van der Waals surface area contributed by atoms with Crippen LogP contribution in [-0.2, 0) is 14.2 Å². The van der Waals surface area contributed by atoms with Gasteiger partial charge in [-0.2, -0.15) is 0 Å². The van der Waals surface area contributed by atoms with Gasteiger partial charge in [-0.1, -0.05) is 0 Å². The summed E-state index contributed by atoms with van der Waals surface area (Å²) in [4.78, 5) is 0. The number of thiophene rings is 1. The zero-order chi connectivity index (χ0) is 13.0. The molecule has 1 N–H and O–H groups in total. The van der Waals surface area contributed by atoms with Gasteiger partial charge in [0.2, 0.25) is 0 Å². The van der Waals surface area contributed by atoms with Crippen molar-refractivity contribution >= 4 is 23.1 Å². The fraction of sp³-hybridized carbons (Fsp3) is 0.667. The Morgan fingerprint density at radius 3 is 3.11 bits per heavy atom. The summed E-state index contributed by atoms with van der Waals surface area (Å²) >= 11 is 3.43. The van der Waals surface area contributed by atoms with Gasteiger partial charge in [0.05, 0.1) is 16.9 Å². The first-order chi connectivity index (χ1) is 8.74. The van der Waals surface area contributed by atoms with Crippen LogP contribution >= 0.6 is 23.1 Å². The molecule has 0 bridgehead atoms. The minimum atomic E-state index is -0.265. The lowest BCUT2D eigenvalue weighted by atomic mass is 10.1. The Balaban J connectivity index is 1.92. The standard InChI is InChI=1S/C12H18O4S2/c1-8(14-2)15-7-16-11-5-9(6-13)18-12-10(11)3-4-17-12/h3-4,8-9,11,13H,5-7H2,1-2H3. The summed E-state index contributed by atoms with van der Waals surface area (Å²) in [5.74, 6) is 0. The molecule has 1 aliphatic rings. The number of methoxy groups -OCH3 is 1. The first-order valence-corrected chi connectivity index (χ1v) is 7.61. The Kier molecular flexibility index (Phi) is 5.47. The molecule has 3 unspecified atom stereocenters. The van der Waals surface area contributed by atoms with Gasteiger partial charge in [0, 0.05) is 17.9 Å². The largest absolute Gasteiger partial charge is 0.395 e. The number of thioether (sulfide) groups is 1. The van der Waals surface area contributed by atoms with Crippen LogP contribution in [0.25, 0.3) is 0 Å². The van der Waals surface area contributed by atoms with E-state index in [0.29, 0.717) is 0 Å². The second-order valence-corrected chi connectivity index (χ2v) is 6.55. The summed E-state index contributed by atoms with van der Waals surface area (Å²) in [5.41, 5.74) is 1.21. The molecule has 2 heterocycles. The van der Waals surface area contributed by atoms with Gasteiger partial charge in [-0.25, -0.2) is 0 Å². The van der Waals surface area contributed by atoms with Gasteiger partial charge in [0.25, 0.3) is 0 Å². The Hall–Kier alpha value is -0.110. The minimum absolute atomic E-state index is 0.00806. The maximum atomic E-state index is 9.30. The third kappa shape index (κ3) is 3.46. The summed E-state index contributed by atoms with van der Waals surface area (Å²) in [6.07, 6.45) is 0.558. The van der Waals surface area contributed by atoms with E-state index in [-0.39, 0.29) is 31.0 Å². The van der Waals surface area contributed by atoms with Crippen molar-refractivity contribution in [2.45, 2.75) is 35.2 Å². The van der Waals surface area contributed by atoms with Gasteiger partial charge in [-0.3, -0.25) is 0 Å². The van der Waals surface area contributed by atoms with E-state index in [4.69, 9.17) is 14.2 Å². The van der Waals surface area contributed by atoms with E-state index >= 15 is 0 Å². The predicted molar refractivity (Wildman–Crippen MR) is 71.9 cm³/mol. The fourth-order valence-corrected chi connectivity index (χ4v) is 4.21. The molecular weight excluding hydrogens is 272 g/mol. The van der Waals surface area contributed by atoms with Gasteiger partial charge in [0.15, 0.2) is 13.1 Å². The highest BCUT2D eigenvalue weighted by Crippen LogP contribution is 2.45. The Bertz CT molecular complexity index is 369. The van der Waals surface area contributed by atoms with E-state index in [9.17, 15) is 5.11 Å². The smallest absolute Gasteiger partial charge is 0.157 e. The molecule has 0 saturated carbocycles. The Morgan fingerprint density at radius 1 is 1.56 bits per heavy atom. The van der Waals surface area contributed by atoms with Gasteiger partial charge in [0.1, 0.15) is 0 Å². The highest BCUT2D eigenvalue weighted by Gasteiger charge is 2.29. The van der Waals surface area contributed by atoms with E-state index < -0.39 is 0 Å². The van der Waals surface area contributed by atoms with Crippen molar-refractivity contribution in [3.63, 3.8) is 0 Å². The van der Waals surface area contributed by atoms with E-state index in [1.165, 1.54) is 9.77 Å². The molecule has 102 valence electrons. The molecule has 2 rings (SSSR count).